The number of carbonyl (C=O) groups is 1. The molecular weight excluding hydrogens is 304 g/mol. The SMILES string of the molecule is CC(=O)O[C@@H]1[C@H](Br)[C@@H](O)C=C[C@H]1Br. The quantitative estimate of drug-likeness (QED) is 0.452. The third kappa shape index (κ3) is 2.79. The fourth-order valence-corrected chi connectivity index (χ4v) is 2.76. The van der Waals surface area contributed by atoms with Crippen LogP contribution in [0.2, 0.25) is 0 Å². The van der Waals surface area contributed by atoms with Crippen molar-refractivity contribution in [2.75, 3.05) is 0 Å². The van der Waals surface area contributed by atoms with Crippen molar-refractivity contribution in [2.45, 2.75) is 28.8 Å². The lowest BCUT2D eigenvalue weighted by Crippen LogP contribution is -2.43. The molecule has 1 aliphatic carbocycles. The zero-order chi connectivity index (χ0) is 10.0. The maximum atomic E-state index is 10.7. The largest absolute Gasteiger partial charge is 0.460 e. The fraction of sp³-hybridized carbons (Fsp3) is 0.625. The van der Waals surface area contributed by atoms with E-state index in [9.17, 15) is 9.90 Å². The van der Waals surface area contributed by atoms with Crippen LogP contribution in [0.25, 0.3) is 0 Å². The van der Waals surface area contributed by atoms with Crippen LogP contribution in [-0.2, 0) is 9.53 Å². The first-order valence-electron chi connectivity index (χ1n) is 3.84. The standard InChI is InChI=1S/C8H10Br2O3/c1-4(11)13-8-5(9)2-3-6(12)7(8)10/h2-3,5-8,12H,1H3/t5-,6+,7-,8+/m1/s1. The summed E-state index contributed by atoms with van der Waals surface area (Å²) in [7, 11) is 0. The molecule has 13 heavy (non-hydrogen) atoms. The monoisotopic (exact) mass is 312 g/mol. The fourth-order valence-electron chi connectivity index (χ4n) is 1.13. The molecule has 1 aliphatic rings. The third-order valence-electron chi connectivity index (χ3n) is 1.75. The highest BCUT2D eigenvalue weighted by Gasteiger charge is 2.34. The van der Waals surface area contributed by atoms with E-state index in [2.05, 4.69) is 31.9 Å². The van der Waals surface area contributed by atoms with Crippen molar-refractivity contribution in [2.24, 2.45) is 0 Å². The number of hydrogen-bond donors (Lipinski definition) is 1. The van der Waals surface area contributed by atoms with Gasteiger partial charge in [-0.2, -0.15) is 0 Å². The van der Waals surface area contributed by atoms with Gasteiger partial charge in [0.1, 0.15) is 6.10 Å². The van der Waals surface area contributed by atoms with Gasteiger partial charge in [0, 0.05) is 6.92 Å². The summed E-state index contributed by atoms with van der Waals surface area (Å²) in [6.45, 7) is 1.35. The summed E-state index contributed by atoms with van der Waals surface area (Å²) in [6, 6.07) is 0. The Morgan fingerprint density at radius 2 is 2.08 bits per heavy atom. The number of aliphatic hydroxyl groups excluding tert-OH is 1. The number of rotatable bonds is 1. The van der Waals surface area contributed by atoms with E-state index >= 15 is 0 Å². The highest BCUT2D eigenvalue weighted by atomic mass is 79.9. The Bertz CT molecular complexity index is 229. The van der Waals surface area contributed by atoms with Crippen molar-refractivity contribution in [1.29, 1.82) is 0 Å². The van der Waals surface area contributed by atoms with Gasteiger partial charge in [-0.1, -0.05) is 44.0 Å². The molecule has 0 saturated carbocycles. The minimum absolute atomic E-state index is 0.0517. The van der Waals surface area contributed by atoms with Gasteiger partial charge < -0.3 is 9.84 Å². The molecule has 3 nitrogen and oxygen atoms in total. The number of aliphatic hydroxyl groups is 1. The lowest BCUT2D eigenvalue weighted by molar-refractivity contribution is -0.146. The predicted molar refractivity (Wildman–Crippen MR) is 56.1 cm³/mol. The molecule has 0 unspecified atom stereocenters. The zero-order valence-corrected chi connectivity index (χ0v) is 10.2. The number of halogens is 2. The van der Waals surface area contributed by atoms with Crippen molar-refractivity contribution in [3.63, 3.8) is 0 Å². The first-order chi connectivity index (χ1) is 6.02. The average molecular weight is 314 g/mol. The zero-order valence-electron chi connectivity index (χ0n) is 6.98. The number of esters is 1. The van der Waals surface area contributed by atoms with E-state index in [1.807, 2.05) is 0 Å². The van der Waals surface area contributed by atoms with Crippen LogP contribution in [0.5, 0.6) is 0 Å². The third-order valence-corrected chi connectivity index (χ3v) is 3.64. The van der Waals surface area contributed by atoms with Crippen LogP contribution in [0.3, 0.4) is 0 Å². The van der Waals surface area contributed by atoms with Crippen molar-refractivity contribution < 1.29 is 14.6 Å². The van der Waals surface area contributed by atoms with Gasteiger partial charge in [0.25, 0.3) is 0 Å². The minimum Gasteiger partial charge on any atom is -0.460 e. The smallest absolute Gasteiger partial charge is 0.302 e. The summed E-state index contributed by atoms with van der Waals surface area (Å²) in [5.41, 5.74) is 0. The van der Waals surface area contributed by atoms with Crippen LogP contribution >= 0.6 is 31.9 Å². The molecule has 1 rings (SSSR count). The highest BCUT2D eigenvalue weighted by molar-refractivity contribution is 9.10. The molecule has 5 heteroatoms. The van der Waals surface area contributed by atoms with Crippen molar-refractivity contribution >= 4 is 37.8 Å². The first kappa shape index (κ1) is 11.2. The van der Waals surface area contributed by atoms with Crippen LogP contribution in [0.1, 0.15) is 6.92 Å². The molecule has 0 spiro atoms. The van der Waals surface area contributed by atoms with Gasteiger partial charge in [-0.3, -0.25) is 4.79 Å². The molecule has 0 saturated heterocycles. The summed E-state index contributed by atoms with van der Waals surface area (Å²) >= 11 is 6.63. The molecule has 0 bridgehead atoms. The van der Waals surface area contributed by atoms with Crippen molar-refractivity contribution in [3.8, 4) is 0 Å². The lowest BCUT2D eigenvalue weighted by Gasteiger charge is -2.30. The van der Waals surface area contributed by atoms with Crippen LogP contribution in [-0.4, -0.2) is 32.9 Å². The molecule has 0 fully saturated rings. The number of ether oxygens (including phenoxy) is 1. The van der Waals surface area contributed by atoms with Crippen molar-refractivity contribution in [3.05, 3.63) is 12.2 Å². The maximum absolute atomic E-state index is 10.7. The van der Waals surface area contributed by atoms with Gasteiger partial charge in [-0.15, -0.1) is 0 Å². The maximum Gasteiger partial charge on any atom is 0.302 e. The second-order valence-electron chi connectivity index (χ2n) is 2.84. The van der Waals surface area contributed by atoms with Gasteiger partial charge >= 0.3 is 5.97 Å². The van der Waals surface area contributed by atoms with Gasteiger partial charge in [-0.05, 0) is 0 Å². The second kappa shape index (κ2) is 4.57. The van der Waals surface area contributed by atoms with E-state index in [0.29, 0.717) is 0 Å². The van der Waals surface area contributed by atoms with E-state index in [-0.39, 0.29) is 21.7 Å². The summed E-state index contributed by atoms with van der Waals surface area (Å²) in [5.74, 6) is -0.346. The van der Waals surface area contributed by atoms with E-state index < -0.39 is 6.10 Å². The Balaban J connectivity index is 2.70. The molecule has 74 valence electrons. The number of carbonyl (C=O) groups excluding carboxylic acids is 1. The van der Waals surface area contributed by atoms with Gasteiger partial charge in [0.05, 0.1) is 15.8 Å². The number of alkyl halides is 2. The molecule has 0 aliphatic heterocycles. The van der Waals surface area contributed by atoms with E-state index in [4.69, 9.17) is 4.74 Å². The van der Waals surface area contributed by atoms with Crippen LogP contribution < -0.4 is 0 Å². The average Bonchev–Trinajstić information content (AvgIpc) is 2.05. The topological polar surface area (TPSA) is 46.5 Å². The molecule has 0 heterocycles. The molecule has 1 N–H and O–H groups in total. The molecule has 0 aromatic carbocycles. The molecule has 0 amide bonds. The summed E-state index contributed by atoms with van der Waals surface area (Å²) in [4.78, 5) is 10.4. The second-order valence-corrected chi connectivity index (χ2v) is 4.95. The molecule has 0 aromatic rings. The molecular formula is C8H10Br2O3. The van der Waals surface area contributed by atoms with Gasteiger partial charge in [0.15, 0.2) is 0 Å². The van der Waals surface area contributed by atoms with E-state index in [1.165, 1.54) is 6.92 Å². The lowest BCUT2D eigenvalue weighted by atomic mass is 10.0. The summed E-state index contributed by atoms with van der Waals surface area (Å²) in [6.07, 6.45) is 2.46. The first-order valence-corrected chi connectivity index (χ1v) is 5.67. The van der Waals surface area contributed by atoms with Crippen LogP contribution in [0, 0.1) is 0 Å². The molecule has 0 aromatic heterocycles. The Morgan fingerprint density at radius 3 is 2.62 bits per heavy atom. The Morgan fingerprint density at radius 1 is 1.46 bits per heavy atom. The Hall–Kier alpha value is 0.130. The molecule has 0 radical (unpaired) electrons. The summed E-state index contributed by atoms with van der Waals surface area (Å²) in [5, 5.41) is 9.43. The van der Waals surface area contributed by atoms with Gasteiger partial charge in [-0.25, -0.2) is 0 Å². The van der Waals surface area contributed by atoms with Crippen LogP contribution in [0.15, 0.2) is 12.2 Å². The molecule has 4 atom stereocenters. The van der Waals surface area contributed by atoms with E-state index in [0.717, 1.165) is 0 Å². The summed E-state index contributed by atoms with van der Waals surface area (Å²) < 4.78 is 5.04. The Kier molecular flexibility index (Phi) is 3.94. The Labute approximate surface area is 93.4 Å². The normalized spacial score (nSPS) is 38.8. The van der Waals surface area contributed by atoms with Crippen molar-refractivity contribution in [1.82, 2.24) is 0 Å². The van der Waals surface area contributed by atoms with E-state index in [1.54, 1.807) is 12.2 Å². The minimum atomic E-state index is -0.613. The van der Waals surface area contributed by atoms with Gasteiger partial charge in [0.2, 0.25) is 0 Å². The predicted octanol–water partition coefficient (Wildman–Crippen LogP) is 1.38. The highest BCUT2D eigenvalue weighted by Crippen LogP contribution is 2.27. The number of hydrogen-bond acceptors (Lipinski definition) is 3. The van der Waals surface area contributed by atoms with Crippen LogP contribution in [0.4, 0.5) is 0 Å².